The van der Waals surface area contributed by atoms with Crippen molar-refractivity contribution in [2.75, 3.05) is 13.1 Å². The third kappa shape index (κ3) is 1.28. The number of nitrogens with one attached hydrogen (secondary N) is 1. The zero-order chi connectivity index (χ0) is 7.73. The van der Waals surface area contributed by atoms with E-state index >= 15 is 0 Å². The van der Waals surface area contributed by atoms with Gasteiger partial charge in [0.05, 0.1) is 0 Å². The van der Waals surface area contributed by atoms with Gasteiger partial charge in [0.25, 0.3) is 0 Å². The van der Waals surface area contributed by atoms with Gasteiger partial charge in [-0.3, -0.25) is 0 Å². The summed E-state index contributed by atoms with van der Waals surface area (Å²) in [5.41, 5.74) is -0.837. The number of alkyl halides is 1. The molecule has 11 heavy (non-hydrogen) atoms. The first-order valence-electron chi connectivity index (χ1n) is 4.71. The van der Waals surface area contributed by atoms with Crippen molar-refractivity contribution in [3.05, 3.63) is 0 Å². The van der Waals surface area contributed by atoms with E-state index in [-0.39, 0.29) is 0 Å². The summed E-state index contributed by atoms with van der Waals surface area (Å²) >= 11 is 0. The van der Waals surface area contributed by atoms with Crippen molar-refractivity contribution in [3.8, 4) is 0 Å². The first kappa shape index (κ1) is 7.53. The first-order chi connectivity index (χ1) is 5.31. The number of hydrogen-bond donors (Lipinski definition) is 1. The topological polar surface area (TPSA) is 12.0 Å². The molecule has 64 valence electrons. The normalized spacial score (nSPS) is 40.1. The van der Waals surface area contributed by atoms with E-state index in [2.05, 4.69) is 5.32 Å². The molecule has 2 aliphatic rings. The first-order valence-corrected chi connectivity index (χ1v) is 4.71. The quantitative estimate of drug-likeness (QED) is 0.612. The van der Waals surface area contributed by atoms with E-state index in [1.54, 1.807) is 0 Å². The summed E-state index contributed by atoms with van der Waals surface area (Å²) in [5, 5.41) is 3.11. The van der Waals surface area contributed by atoms with Crippen molar-refractivity contribution in [1.82, 2.24) is 5.32 Å². The molecule has 0 bridgehead atoms. The fraction of sp³-hybridized carbons (Fsp3) is 1.00. The van der Waals surface area contributed by atoms with E-state index in [0.717, 1.165) is 25.8 Å². The fourth-order valence-electron chi connectivity index (χ4n) is 2.47. The fourth-order valence-corrected chi connectivity index (χ4v) is 2.47. The highest BCUT2D eigenvalue weighted by atomic mass is 19.1. The Morgan fingerprint density at radius 3 is 2.55 bits per heavy atom. The Hall–Kier alpha value is -0.110. The highest BCUT2D eigenvalue weighted by Crippen LogP contribution is 2.39. The molecule has 1 saturated carbocycles. The van der Waals surface area contributed by atoms with E-state index in [1.807, 2.05) is 0 Å². The summed E-state index contributed by atoms with van der Waals surface area (Å²) in [6.07, 6.45) is 5.49. The molecule has 0 amide bonds. The molecule has 1 nitrogen and oxygen atoms in total. The molecule has 0 aromatic carbocycles. The lowest BCUT2D eigenvalue weighted by Crippen LogP contribution is -2.33. The van der Waals surface area contributed by atoms with Crippen LogP contribution in [-0.2, 0) is 0 Å². The standard InChI is InChI=1S/C9H16FN/c10-9(5-6-11-7-9)8-3-1-2-4-8/h8,11H,1-7H2. The van der Waals surface area contributed by atoms with Crippen molar-refractivity contribution in [1.29, 1.82) is 0 Å². The maximum Gasteiger partial charge on any atom is 0.127 e. The minimum atomic E-state index is -0.837. The molecule has 2 fully saturated rings. The molecule has 1 aliphatic heterocycles. The highest BCUT2D eigenvalue weighted by molar-refractivity contribution is 4.95. The third-order valence-electron chi connectivity index (χ3n) is 3.22. The van der Waals surface area contributed by atoms with Gasteiger partial charge in [0.15, 0.2) is 0 Å². The molecule has 0 spiro atoms. The predicted octanol–water partition coefficient (Wildman–Crippen LogP) is 1.88. The van der Waals surface area contributed by atoms with Crippen LogP contribution in [0.2, 0.25) is 0 Å². The van der Waals surface area contributed by atoms with Crippen LogP contribution in [0, 0.1) is 5.92 Å². The van der Waals surface area contributed by atoms with Gasteiger partial charge in [-0.15, -0.1) is 0 Å². The van der Waals surface area contributed by atoms with Crippen molar-refractivity contribution < 1.29 is 4.39 Å². The second-order valence-corrected chi connectivity index (χ2v) is 3.94. The van der Waals surface area contributed by atoms with Gasteiger partial charge in [-0.05, 0) is 31.7 Å². The molecule has 1 N–H and O–H groups in total. The number of halogens is 1. The largest absolute Gasteiger partial charge is 0.313 e. The smallest absolute Gasteiger partial charge is 0.127 e. The Kier molecular flexibility index (Phi) is 1.88. The van der Waals surface area contributed by atoms with Gasteiger partial charge in [0, 0.05) is 6.54 Å². The number of rotatable bonds is 1. The average Bonchev–Trinajstić information content (AvgIpc) is 2.55. The van der Waals surface area contributed by atoms with Crippen LogP contribution < -0.4 is 5.32 Å². The molecule has 1 saturated heterocycles. The van der Waals surface area contributed by atoms with Crippen LogP contribution in [0.15, 0.2) is 0 Å². The Bertz CT molecular complexity index is 134. The molecule has 0 aromatic rings. The van der Waals surface area contributed by atoms with Crippen molar-refractivity contribution >= 4 is 0 Å². The maximum atomic E-state index is 14.0. The molecular formula is C9H16FN. The van der Waals surface area contributed by atoms with Gasteiger partial charge in [-0.2, -0.15) is 0 Å². The molecule has 2 rings (SSSR count). The monoisotopic (exact) mass is 157 g/mol. The minimum Gasteiger partial charge on any atom is -0.313 e. The summed E-state index contributed by atoms with van der Waals surface area (Å²) in [6, 6.07) is 0. The maximum absolute atomic E-state index is 14.0. The predicted molar refractivity (Wildman–Crippen MR) is 43.3 cm³/mol. The van der Waals surface area contributed by atoms with Gasteiger partial charge < -0.3 is 5.32 Å². The van der Waals surface area contributed by atoms with Crippen LogP contribution in [0.25, 0.3) is 0 Å². The van der Waals surface area contributed by atoms with Crippen LogP contribution >= 0.6 is 0 Å². The summed E-state index contributed by atoms with van der Waals surface area (Å²) in [4.78, 5) is 0. The summed E-state index contributed by atoms with van der Waals surface area (Å²) in [5.74, 6) is 0.373. The lowest BCUT2D eigenvalue weighted by atomic mass is 9.87. The molecule has 1 atom stereocenters. The summed E-state index contributed by atoms with van der Waals surface area (Å²) in [6.45, 7) is 1.49. The van der Waals surface area contributed by atoms with Crippen LogP contribution in [0.1, 0.15) is 32.1 Å². The van der Waals surface area contributed by atoms with Crippen LogP contribution in [0.5, 0.6) is 0 Å². The van der Waals surface area contributed by atoms with Crippen molar-refractivity contribution in [3.63, 3.8) is 0 Å². The van der Waals surface area contributed by atoms with E-state index in [0.29, 0.717) is 12.5 Å². The molecular weight excluding hydrogens is 141 g/mol. The summed E-state index contributed by atoms with van der Waals surface area (Å²) < 4.78 is 14.0. The molecule has 1 unspecified atom stereocenters. The van der Waals surface area contributed by atoms with Crippen LogP contribution in [0.4, 0.5) is 4.39 Å². The Morgan fingerprint density at radius 2 is 2.00 bits per heavy atom. The third-order valence-corrected chi connectivity index (χ3v) is 3.22. The zero-order valence-electron chi connectivity index (χ0n) is 6.91. The van der Waals surface area contributed by atoms with Gasteiger partial charge in [0.1, 0.15) is 5.67 Å². The van der Waals surface area contributed by atoms with E-state index in [4.69, 9.17) is 0 Å². The lowest BCUT2D eigenvalue weighted by Gasteiger charge is -2.25. The Labute approximate surface area is 67.4 Å². The van der Waals surface area contributed by atoms with E-state index in [9.17, 15) is 4.39 Å². The van der Waals surface area contributed by atoms with Crippen LogP contribution in [0.3, 0.4) is 0 Å². The highest BCUT2D eigenvalue weighted by Gasteiger charge is 2.42. The van der Waals surface area contributed by atoms with Gasteiger partial charge in [0.2, 0.25) is 0 Å². The van der Waals surface area contributed by atoms with Gasteiger partial charge >= 0.3 is 0 Å². The van der Waals surface area contributed by atoms with Crippen LogP contribution in [-0.4, -0.2) is 18.8 Å². The molecule has 1 heterocycles. The minimum absolute atomic E-state index is 0.373. The van der Waals surface area contributed by atoms with Gasteiger partial charge in [-0.25, -0.2) is 4.39 Å². The molecule has 0 radical (unpaired) electrons. The zero-order valence-corrected chi connectivity index (χ0v) is 6.91. The SMILES string of the molecule is FC1(C2CCCC2)CCNC1. The molecule has 2 heteroatoms. The van der Waals surface area contributed by atoms with Crippen molar-refractivity contribution in [2.45, 2.75) is 37.8 Å². The Morgan fingerprint density at radius 1 is 1.27 bits per heavy atom. The average molecular weight is 157 g/mol. The van der Waals surface area contributed by atoms with Gasteiger partial charge in [-0.1, -0.05) is 12.8 Å². The van der Waals surface area contributed by atoms with Crippen molar-refractivity contribution in [2.24, 2.45) is 5.92 Å². The second-order valence-electron chi connectivity index (χ2n) is 3.94. The Balaban J connectivity index is 2.00. The molecule has 1 aliphatic carbocycles. The second kappa shape index (κ2) is 2.74. The van der Waals surface area contributed by atoms with E-state index < -0.39 is 5.67 Å². The molecule has 0 aromatic heterocycles. The van der Waals surface area contributed by atoms with E-state index in [1.165, 1.54) is 12.8 Å². The summed E-state index contributed by atoms with van der Waals surface area (Å²) in [7, 11) is 0. The lowest BCUT2D eigenvalue weighted by molar-refractivity contribution is 0.107. The number of hydrogen-bond acceptors (Lipinski definition) is 1.